The van der Waals surface area contributed by atoms with Crippen LogP contribution in [0.4, 0.5) is 0 Å². The summed E-state index contributed by atoms with van der Waals surface area (Å²) in [4.78, 5) is 24.6. The molecule has 0 heterocycles. The van der Waals surface area contributed by atoms with Gasteiger partial charge in [0.05, 0.1) is 25.4 Å². The van der Waals surface area contributed by atoms with Crippen molar-refractivity contribution in [2.24, 2.45) is 0 Å². The lowest BCUT2D eigenvalue weighted by atomic mass is 10.0. The van der Waals surface area contributed by atoms with Crippen LogP contribution in [-0.4, -0.2) is 47.4 Å². The lowest BCUT2D eigenvalue weighted by molar-refractivity contribution is -0.143. The van der Waals surface area contributed by atoms with Gasteiger partial charge in [0.25, 0.3) is 0 Å². The highest BCUT2D eigenvalue weighted by molar-refractivity contribution is 5.76. The maximum atomic E-state index is 12.5. The van der Waals surface area contributed by atoms with E-state index < -0.39 is 12.1 Å². The number of hydrogen-bond donors (Lipinski definition) is 3. The predicted molar refractivity (Wildman–Crippen MR) is 389 cm³/mol. The Hall–Kier alpha value is -1.40. The van der Waals surface area contributed by atoms with Crippen molar-refractivity contribution in [3.05, 3.63) is 12.2 Å². The molecule has 0 spiro atoms. The molecular formula is C82H161NO5. The standard InChI is InChI=1S/C82H161NO5/c1-3-5-7-9-11-13-15-17-19-46-50-54-58-62-66-70-74-80(85)79(78-84)83-81(86)75-71-67-63-59-55-51-47-44-42-40-38-36-34-32-30-28-26-24-22-21-23-25-27-29-31-33-35-37-39-41-43-45-49-53-57-61-65-69-73-77-88-82(87)76-72-68-64-60-56-52-48-20-18-16-14-12-10-8-6-4-2/h70,74,79-80,84-85H,3-69,71-73,75-78H2,1-2H3,(H,83,86)/b74-70+. The Morgan fingerprint density at radius 3 is 0.773 bits per heavy atom. The van der Waals surface area contributed by atoms with Crippen molar-refractivity contribution in [1.29, 1.82) is 0 Å². The number of allylic oxidation sites excluding steroid dienone is 1. The second kappa shape index (κ2) is 78.0. The number of carbonyl (C=O) groups is 2. The molecule has 1 amide bonds. The monoisotopic (exact) mass is 1240 g/mol. The van der Waals surface area contributed by atoms with Crippen LogP contribution in [0.2, 0.25) is 0 Å². The number of aliphatic hydroxyl groups excluding tert-OH is 2. The molecule has 0 aromatic carbocycles. The first-order chi connectivity index (χ1) is 43.5. The highest BCUT2D eigenvalue weighted by atomic mass is 16.5. The third kappa shape index (κ3) is 73.6. The summed E-state index contributed by atoms with van der Waals surface area (Å²) >= 11 is 0. The molecule has 0 aliphatic rings. The molecule has 0 aliphatic heterocycles. The minimum Gasteiger partial charge on any atom is -0.466 e. The highest BCUT2D eigenvalue weighted by Gasteiger charge is 2.18. The zero-order chi connectivity index (χ0) is 63.5. The number of unbranched alkanes of at least 4 members (excludes halogenated alkanes) is 67. The molecule has 0 rings (SSSR count). The summed E-state index contributed by atoms with van der Waals surface area (Å²) < 4.78 is 5.52. The maximum Gasteiger partial charge on any atom is 0.305 e. The van der Waals surface area contributed by atoms with Crippen molar-refractivity contribution in [2.75, 3.05) is 13.2 Å². The van der Waals surface area contributed by atoms with Crippen molar-refractivity contribution in [3.8, 4) is 0 Å². The van der Waals surface area contributed by atoms with Gasteiger partial charge in [0.2, 0.25) is 5.91 Å². The second-order valence-electron chi connectivity index (χ2n) is 28.5. The number of rotatable bonds is 78. The van der Waals surface area contributed by atoms with E-state index in [1.165, 1.54) is 411 Å². The van der Waals surface area contributed by atoms with Crippen LogP contribution in [0.3, 0.4) is 0 Å². The van der Waals surface area contributed by atoms with E-state index in [1.54, 1.807) is 6.08 Å². The maximum absolute atomic E-state index is 12.5. The summed E-state index contributed by atoms with van der Waals surface area (Å²) in [7, 11) is 0. The van der Waals surface area contributed by atoms with Crippen LogP contribution in [0.25, 0.3) is 0 Å². The molecule has 0 aromatic heterocycles. The first kappa shape index (κ1) is 86.6. The quantitative estimate of drug-likeness (QED) is 0.0320. The Kier molecular flexibility index (Phi) is 76.8. The van der Waals surface area contributed by atoms with E-state index in [0.717, 1.165) is 38.5 Å². The fourth-order valence-electron chi connectivity index (χ4n) is 13.3. The van der Waals surface area contributed by atoms with Crippen LogP contribution in [0.1, 0.15) is 476 Å². The van der Waals surface area contributed by atoms with Crippen LogP contribution in [0.15, 0.2) is 12.2 Å². The van der Waals surface area contributed by atoms with Crippen molar-refractivity contribution >= 4 is 11.9 Å². The van der Waals surface area contributed by atoms with E-state index in [4.69, 9.17) is 4.74 Å². The predicted octanol–water partition coefficient (Wildman–Crippen LogP) is 27.1. The number of ether oxygens (including phenoxy) is 1. The Labute approximate surface area is 552 Å². The molecule has 0 saturated heterocycles. The molecule has 0 saturated carbocycles. The summed E-state index contributed by atoms with van der Waals surface area (Å²) in [6, 6.07) is -0.622. The van der Waals surface area contributed by atoms with Crippen LogP contribution in [0.5, 0.6) is 0 Å². The molecule has 0 aromatic rings. The normalized spacial score (nSPS) is 12.5. The number of carbonyl (C=O) groups excluding carboxylic acids is 2. The Bertz CT molecular complexity index is 1340. The van der Waals surface area contributed by atoms with Gasteiger partial charge >= 0.3 is 5.97 Å². The van der Waals surface area contributed by atoms with Crippen LogP contribution in [0, 0.1) is 0 Å². The lowest BCUT2D eigenvalue weighted by Crippen LogP contribution is -2.45. The lowest BCUT2D eigenvalue weighted by Gasteiger charge is -2.20. The molecule has 0 bridgehead atoms. The molecular weight excluding hydrogens is 1080 g/mol. The smallest absolute Gasteiger partial charge is 0.305 e. The van der Waals surface area contributed by atoms with Gasteiger partial charge in [-0.05, 0) is 32.1 Å². The second-order valence-corrected chi connectivity index (χ2v) is 28.5. The van der Waals surface area contributed by atoms with Crippen molar-refractivity contribution in [1.82, 2.24) is 5.32 Å². The topological polar surface area (TPSA) is 95.9 Å². The molecule has 6 nitrogen and oxygen atoms in total. The molecule has 0 aliphatic carbocycles. The molecule has 0 fully saturated rings. The van der Waals surface area contributed by atoms with Crippen LogP contribution in [-0.2, 0) is 14.3 Å². The third-order valence-corrected chi connectivity index (χ3v) is 19.6. The molecule has 88 heavy (non-hydrogen) atoms. The number of nitrogens with one attached hydrogen (secondary N) is 1. The molecule has 2 unspecified atom stereocenters. The zero-order valence-corrected chi connectivity index (χ0v) is 60.3. The molecule has 6 heteroatoms. The van der Waals surface area contributed by atoms with E-state index in [1.807, 2.05) is 6.08 Å². The molecule has 2 atom stereocenters. The van der Waals surface area contributed by atoms with Gasteiger partial charge in [0, 0.05) is 12.8 Å². The number of hydrogen-bond acceptors (Lipinski definition) is 5. The van der Waals surface area contributed by atoms with E-state index >= 15 is 0 Å². The minimum absolute atomic E-state index is 0.0285. The summed E-state index contributed by atoms with van der Waals surface area (Å²) in [6.45, 7) is 4.96. The van der Waals surface area contributed by atoms with Crippen LogP contribution < -0.4 is 5.32 Å². The summed E-state index contributed by atoms with van der Waals surface area (Å²) in [5, 5.41) is 23.2. The van der Waals surface area contributed by atoms with E-state index in [-0.39, 0.29) is 18.5 Å². The SMILES string of the molecule is CCCCCCCCCCCCCCCC/C=C/C(O)C(CO)NC(=O)CCCCCCCCCCCCCCCCCCCCCCCCCCCCCCCCCCCCCCCCCOC(=O)CCCCCCCCCCCCCCCCCC. The third-order valence-electron chi connectivity index (χ3n) is 19.6. The first-order valence-corrected chi connectivity index (χ1v) is 41.0. The van der Waals surface area contributed by atoms with Gasteiger partial charge in [-0.3, -0.25) is 9.59 Å². The van der Waals surface area contributed by atoms with Crippen molar-refractivity contribution < 1.29 is 24.5 Å². The Balaban J connectivity index is 3.29. The summed E-state index contributed by atoms with van der Waals surface area (Å²) in [5.41, 5.74) is 0. The van der Waals surface area contributed by atoms with Crippen LogP contribution >= 0.6 is 0 Å². The number of amides is 1. The van der Waals surface area contributed by atoms with Gasteiger partial charge in [-0.1, -0.05) is 443 Å². The average Bonchev–Trinajstić information content (AvgIpc) is 3.58. The van der Waals surface area contributed by atoms with Gasteiger partial charge in [0.15, 0.2) is 0 Å². The Morgan fingerprint density at radius 1 is 0.307 bits per heavy atom. The van der Waals surface area contributed by atoms with Gasteiger partial charge in [-0.2, -0.15) is 0 Å². The van der Waals surface area contributed by atoms with E-state index in [0.29, 0.717) is 19.4 Å². The fourth-order valence-corrected chi connectivity index (χ4v) is 13.3. The molecule has 0 radical (unpaired) electrons. The Morgan fingerprint density at radius 2 is 0.523 bits per heavy atom. The van der Waals surface area contributed by atoms with Crippen molar-refractivity contribution in [3.63, 3.8) is 0 Å². The van der Waals surface area contributed by atoms with Gasteiger partial charge in [0.1, 0.15) is 0 Å². The first-order valence-electron chi connectivity index (χ1n) is 41.0. The van der Waals surface area contributed by atoms with Gasteiger partial charge < -0.3 is 20.3 Å². The van der Waals surface area contributed by atoms with E-state index in [9.17, 15) is 19.8 Å². The molecule has 3 N–H and O–H groups in total. The number of esters is 1. The number of aliphatic hydroxyl groups is 2. The largest absolute Gasteiger partial charge is 0.466 e. The van der Waals surface area contributed by atoms with Crippen molar-refractivity contribution in [2.45, 2.75) is 488 Å². The average molecular weight is 1240 g/mol. The summed E-state index contributed by atoms with van der Waals surface area (Å²) in [6.07, 6.45) is 99.3. The highest BCUT2D eigenvalue weighted by Crippen LogP contribution is 2.21. The molecule has 524 valence electrons. The minimum atomic E-state index is -0.839. The van der Waals surface area contributed by atoms with Gasteiger partial charge in [-0.25, -0.2) is 0 Å². The zero-order valence-electron chi connectivity index (χ0n) is 60.3. The van der Waals surface area contributed by atoms with E-state index in [2.05, 4.69) is 19.2 Å². The van der Waals surface area contributed by atoms with Gasteiger partial charge in [-0.15, -0.1) is 0 Å². The summed E-state index contributed by atoms with van der Waals surface area (Å²) in [5.74, 6) is -0.0294. The fraction of sp³-hybridized carbons (Fsp3) is 0.951.